The molecule has 5 nitrogen and oxygen atoms in total. The Morgan fingerprint density at radius 2 is 1.94 bits per heavy atom. The number of thiazole rings is 1. The number of halogens is 1. The summed E-state index contributed by atoms with van der Waals surface area (Å²) in [5.74, 6) is 0.813. The lowest BCUT2D eigenvalue weighted by atomic mass is 9.75. The van der Waals surface area contributed by atoms with Crippen LogP contribution in [0, 0.1) is 5.41 Å². The number of aromatic nitrogens is 1. The predicted octanol–water partition coefficient (Wildman–Crippen LogP) is 7.58. The first kappa shape index (κ1) is 24.6. The van der Waals surface area contributed by atoms with Crippen molar-refractivity contribution >= 4 is 29.0 Å². The second-order valence-corrected chi connectivity index (χ2v) is 11.6. The zero-order chi connectivity index (χ0) is 24.6. The van der Waals surface area contributed by atoms with Gasteiger partial charge in [0.25, 0.3) is 0 Å². The minimum absolute atomic E-state index is 0.0450. The minimum atomic E-state index is -0.849. The topological polar surface area (TPSA) is 62.7 Å². The molecule has 0 bridgehead atoms. The van der Waals surface area contributed by atoms with Crippen LogP contribution < -0.4 is 4.74 Å². The van der Waals surface area contributed by atoms with E-state index in [-0.39, 0.29) is 17.4 Å². The van der Waals surface area contributed by atoms with Crippen LogP contribution in [-0.2, 0) is 6.42 Å². The van der Waals surface area contributed by atoms with Gasteiger partial charge >= 0.3 is 6.09 Å². The molecular weight excluding hydrogens is 468 g/mol. The molecule has 2 heterocycles. The molecule has 1 unspecified atom stereocenters. The summed E-state index contributed by atoms with van der Waals surface area (Å²) in [5, 5.41) is 11.1. The molecule has 1 aliphatic heterocycles. The van der Waals surface area contributed by atoms with Crippen molar-refractivity contribution in [2.75, 3.05) is 13.1 Å². The van der Waals surface area contributed by atoms with Crippen LogP contribution in [-0.4, -0.2) is 40.3 Å². The van der Waals surface area contributed by atoms with Crippen LogP contribution in [0.25, 0.3) is 21.0 Å². The monoisotopic (exact) mass is 498 g/mol. The second kappa shape index (κ2) is 9.59. The first-order valence-corrected chi connectivity index (χ1v) is 12.8. The summed E-state index contributed by atoms with van der Waals surface area (Å²) in [6.07, 6.45) is 1.82. The fourth-order valence-electron chi connectivity index (χ4n) is 4.42. The van der Waals surface area contributed by atoms with Crippen molar-refractivity contribution in [1.29, 1.82) is 0 Å². The highest BCUT2D eigenvalue weighted by Crippen LogP contribution is 2.41. The Morgan fingerprint density at radius 3 is 2.59 bits per heavy atom. The molecule has 0 saturated carbocycles. The summed E-state index contributed by atoms with van der Waals surface area (Å²) in [6.45, 7) is 11.5. The molecule has 1 amide bonds. The van der Waals surface area contributed by atoms with Crippen molar-refractivity contribution in [2.45, 2.75) is 53.1 Å². The van der Waals surface area contributed by atoms with E-state index in [1.165, 1.54) is 11.1 Å². The van der Waals surface area contributed by atoms with Crippen LogP contribution in [0.15, 0.2) is 42.6 Å². The van der Waals surface area contributed by atoms with Gasteiger partial charge in [-0.05, 0) is 66.6 Å². The molecule has 0 aliphatic carbocycles. The van der Waals surface area contributed by atoms with E-state index in [2.05, 4.69) is 44.0 Å². The standard InChI is InChI=1S/C27H31ClN2O3S/c1-16(2)33-23-9-7-19(13-22(23)28)25-29-14-24(34-25)18-6-8-20-17(12-18)10-11-30(26(31)32)15-21(20)27(3,4)5/h6-9,12-14,16,21H,10-11,15H2,1-5H3,(H,31,32). The Bertz CT molecular complexity index is 1200. The molecule has 1 aromatic heterocycles. The Morgan fingerprint density at radius 1 is 1.21 bits per heavy atom. The largest absolute Gasteiger partial charge is 0.489 e. The molecule has 0 spiro atoms. The van der Waals surface area contributed by atoms with E-state index in [1.807, 2.05) is 38.2 Å². The normalized spacial score (nSPS) is 16.3. The third-order valence-corrected chi connectivity index (χ3v) is 7.61. The van der Waals surface area contributed by atoms with Gasteiger partial charge in [0.2, 0.25) is 0 Å². The maximum Gasteiger partial charge on any atom is 0.407 e. The van der Waals surface area contributed by atoms with Gasteiger partial charge in [-0.1, -0.05) is 44.5 Å². The van der Waals surface area contributed by atoms with Gasteiger partial charge in [-0.3, -0.25) is 0 Å². The summed E-state index contributed by atoms with van der Waals surface area (Å²) in [6, 6.07) is 12.3. The van der Waals surface area contributed by atoms with E-state index >= 15 is 0 Å². The van der Waals surface area contributed by atoms with Gasteiger partial charge in [-0.15, -0.1) is 11.3 Å². The summed E-state index contributed by atoms with van der Waals surface area (Å²) >= 11 is 8.05. The maximum absolute atomic E-state index is 11.8. The number of benzene rings is 2. The molecule has 0 saturated heterocycles. The highest BCUT2D eigenvalue weighted by atomic mass is 35.5. The van der Waals surface area contributed by atoms with Crippen LogP contribution in [0.2, 0.25) is 5.02 Å². The number of nitrogens with zero attached hydrogens (tertiary/aromatic N) is 2. The van der Waals surface area contributed by atoms with E-state index in [0.717, 1.165) is 21.0 Å². The van der Waals surface area contributed by atoms with Crippen molar-refractivity contribution < 1.29 is 14.6 Å². The van der Waals surface area contributed by atoms with Gasteiger partial charge in [0, 0.05) is 30.8 Å². The number of carboxylic acid groups (broad SMARTS) is 1. The summed E-state index contributed by atoms with van der Waals surface area (Å²) in [7, 11) is 0. The second-order valence-electron chi connectivity index (χ2n) is 10.2. The van der Waals surface area contributed by atoms with E-state index in [9.17, 15) is 9.90 Å². The van der Waals surface area contributed by atoms with E-state index < -0.39 is 6.09 Å². The molecule has 2 aromatic carbocycles. The first-order valence-electron chi connectivity index (χ1n) is 11.6. The van der Waals surface area contributed by atoms with Gasteiger partial charge in [-0.2, -0.15) is 0 Å². The van der Waals surface area contributed by atoms with Gasteiger partial charge in [0.15, 0.2) is 0 Å². The van der Waals surface area contributed by atoms with E-state index in [0.29, 0.717) is 30.3 Å². The van der Waals surface area contributed by atoms with Crippen molar-refractivity contribution in [1.82, 2.24) is 9.88 Å². The number of hydrogen-bond acceptors (Lipinski definition) is 4. The molecule has 4 rings (SSSR count). The van der Waals surface area contributed by atoms with E-state index in [1.54, 1.807) is 16.2 Å². The lowest BCUT2D eigenvalue weighted by Gasteiger charge is -2.33. The number of fused-ring (bicyclic) bond motifs is 1. The average Bonchev–Trinajstić information content (AvgIpc) is 3.15. The quantitative estimate of drug-likeness (QED) is 0.402. The molecule has 1 aliphatic rings. The number of ether oxygens (including phenoxy) is 1. The third-order valence-electron chi connectivity index (χ3n) is 6.22. The molecule has 1 atom stereocenters. The molecule has 34 heavy (non-hydrogen) atoms. The molecule has 3 aromatic rings. The Balaban J connectivity index is 1.64. The first-order chi connectivity index (χ1) is 16.0. The van der Waals surface area contributed by atoms with Gasteiger partial charge in [0.1, 0.15) is 10.8 Å². The highest BCUT2D eigenvalue weighted by Gasteiger charge is 2.33. The van der Waals surface area contributed by atoms with Crippen LogP contribution >= 0.6 is 22.9 Å². The smallest absolute Gasteiger partial charge is 0.407 e. The minimum Gasteiger partial charge on any atom is -0.489 e. The van der Waals surface area contributed by atoms with Crippen LogP contribution in [0.1, 0.15) is 51.7 Å². The molecule has 180 valence electrons. The third kappa shape index (κ3) is 5.23. The van der Waals surface area contributed by atoms with Crippen molar-refractivity contribution in [2.24, 2.45) is 5.41 Å². The fraction of sp³-hybridized carbons (Fsp3) is 0.407. The zero-order valence-electron chi connectivity index (χ0n) is 20.3. The highest BCUT2D eigenvalue weighted by molar-refractivity contribution is 7.18. The van der Waals surface area contributed by atoms with Crippen molar-refractivity contribution in [3.63, 3.8) is 0 Å². The van der Waals surface area contributed by atoms with E-state index in [4.69, 9.17) is 16.3 Å². The molecule has 7 heteroatoms. The number of rotatable bonds is 4. The SMILES string of the molecule is CC(C)Oc1ccc(-c2ncc(-c3ccc4c(c3)CCN(C(=O)O)CC4C(C)(C)C)s2)cc1Cl. The summed E-state index contributed by atoms with van der Waals surface area (Å²) < 4.78 is 5.74. The van der Waals surface area contributed by atoms with Gasteiger partial charge < -0.3 is 14.7 Å². The lowest BCUT2D eigenvalue weighted by molar-refractivity contribution is 0.135. The van der Waals surface area contributed by atoms with Crippen LogP contribution in [0.5, 0.6) is 5.75 Å². The van der Waals surface area contributed by atoms with Gasteiger partial charge in [-0.25, -0.2) is 9.78 Å². The zero-order valence-corrected chi connectivity index (χ0v) is 21.8. The Labute approximate surface area is 210 Å². The number of carbonyl (C=O) groups is 1. The fourth-order valence-corrected chi connectivity index (χ4v) is 5.55. The molecular formula is C27H31ClN2O3S. The lowest BCUT2D eigenvalue weighted by Crippen LogP contribution is -2.36. The number of hydrogen-bond donors (Lipinski definition) is 1. The Hall–Kier alpha value is -2.57. The van der Waals surface area contributed by atoms with Gasteiger partial charge in [0.05, 0.1) is 16.0 Å². The predicted molar refractivity (Wildman–Crippen MR) is 139 cm³/mol. The maximum atomic E-state index is 11.8. The van der Waals surface area contributed by atoms with Crippen molar-refractivity contribution in [3.05, 3.63) is 58.7 Å². The molecule has 1 N–H and O–H groups in total. The molecule has 0 radical (unpaired) electrons. The van der Waals surface area contributed by atoms with Crippen molar-refractivity contribution in [3.8, 4) is 26.8 Å². The van der Waals surface area contributed by atoms with Crippen LogP contribution in [0.4, 0.5) is 4.79 Å². The average molecular weight is 499 g/mol. The number of amides is 1. The Kier molecular flexibility index (Phi) is 6.92. The summed E-state index contributed by atoms with van der Waals surface area (Å²) in [4.78, 5) is 19.0. The molecule has 0 fully saturated rings. The summed E-state index contributed by atoms with van der Waals surface area (Å²) in [5.41, 5.74) is 4.48. The van der Waals surface area contributed by atoms with Crippen LogP contribution in [0.3, 0.4) is 0 Å².